The van der Waals surface area contributed by atoms with E-state index >= 15 is 0 Å². The molecule has 0 bridgehead atoms. The first-order valence-electron chi connectivity index (χ1n) is 13.4. The quantitative estimate of drug-likeness (QED) is 0.214. The van der Waals surface area contributed by atoms with Crippen molar-refractivity contribution < 1.29 is 0 Å². The van der Waals surface area contributed by atoms with Crippen LogP contribution in [0.15, 0.2) is 164 Å². The average molecular weight is 498 g/mol. The second kappa shape index (κ2) is 9.96. The van der Waals surface area contributed by atoms with Gasteiger partial charge in [-0.15, -0.1) is 0 Å². The van der Waals surface area contributed by atoms with Crippen LogP contribution >= 0.6 is 0 Å². The molecule has 0 saturated heterocycles. The fraction of sp³-hybridized carbons (Fsp3) is 0. The van der Waals surface area contributed by atoms with E-state index in [9.17, 15) is 0 Å². The number of benzene rings is 7. The van der Waals surface area contributed by atoms with E-state index < -0.39 is 0 Å². The molecule has 7 aromatic rings. The van der Waals surface area contributed by atoms with Crippen LogP contribution in [0.4, 0.5) is 17.1 Å². The van der Waals surface area contributed by atoms with Gasteiger partial charge in [-0.1, -0.05) is 121 Å². The molecule has 0 spiro atoms. The van der Waals surface area contributed by atoms with Gasteiger partial charge in [0.05, 0.1) is 0 Å². The summed E-state index contributed by atoms with van der Waals surface area (Å²) < 4.78 is 0. The van der Waals surface area contributed by atoms with Crippen molar-refractivity contribution in [3.05, 3.63) is 164 Å². The van der Waals surface area contributed by atoms with Gasteiger partial charge in [0.15, 0.2) is 0 Å². The van der Waals surface area contributed by atoms with Crippen LogP contribution in [-0.4, -0.2) is 0 Å². The molecular weight excluding hydrogens is 470 g/mol. The van der Waals surface area contributed by atoms with E-state index in [4.69, 9.17) is 0 Å². The van der Waals surface area contributed by atoms with Crippen molar-refractivity contribution in [3.63, 3.8) is 0 Å². The van der Waals surface area contributed by atoms with Crippen molar-refractivity contribution in [1.29, 1.82) is 0 Å². The number of rotatable bonds is 5. The summed E-state index contributed by atoms with van der Waals surface area (Å²) in [5, 5.41) is 5.12. The van der Waals surface area contributed by atoms with Gasteiger partial charge < -0.3 is 4.90 Å². The molecule has 39 heavy (non-hydrogen) atoms. The first-order chi connectivity index (χ1) is 19.3. The third kappa shape index (κ3) is 4.45. The van der Waals surface area contributed by atoms with Crippen molar-refractivity contribution >= 4 is 38.6 Å². The predicted octanol–water partition coefficient (Wildman–Crippen LogP) is 10.8. The van der Waals surface area contributed by atoms with Crippen molar-refractivity contribution in [1.82, 2.24) is 0 Å². The van der Waals surface area contributed by atoms with Gasteiger partial charge >= 0.3 is 0 Å². The average Bonchev–Trinajstić information content (AvgIpc) is 3.02. The Morgan fingerprint density at radius 3 is 1.64 bits per heavy atom. The number of hydrogen-bond acceptors (Lipinski definition) is 1. The molecule has 0 saturated carbocycles. The number of nitrogens with zero attached hydrogens (tertiary/aromatic N) is 1. The summed E-state index contributed by atoms with van der Waals surface area (Å²) in [4.78, 5) is 2.33. The van der Waals surface area contributed by atoms with E-state index in [-0.39, 0.29) is 0 Å². The van der Waals surface area contributed by atoms with Crippen LogP contribution < -0.4 is 4.90 Å². The first kappa shape index (κ1) is 23.0. The maximum absolute atomic E-state index is 2.33. The number of fused-ring (bicyclic) bond motifs is 3. The zero-order valence-corrected chi connectivity index (χ0v) is 21.5. The second-order valence-corrected chi connectivity index (χ2v) is 9.86. The maximum Gasteiger partial charge on any atom is 0.0467 e. The van der Waals surface area contributed by atoms with Crippen LogP contribution in [0, 0.1) is 0 Å². The Kier molecular flexibility index (Phi) is 5.88. The van der Waals surface area contributed by atoms with E-state index in [0.29, 0.717) is 0 Å². The van der Waals surface area contributed by atoms with Crippen molar-refractivity contribution in [2.45, 2.75) is 0 Å². The molecule has 0 amide bonds. The Labute approximate surface area is 229 Å². The van der Waals surface area contributed by atoms with Gasteiger partial charge in [-0.3, -0.25) is 0 Å². The molecule has 184 valence electrons. The summed E-state index contributed by atoms with van der Waals surface area (Å²) in [5.41, 5.74) is 8.24. The topological polar surface area (TPSA) is 3.24 Å². The molecule has 7 rings (SSSR count). The lowest BCUT2D eigenvalue weighted by molar-refractivity contribution is 1.28. The number of para-hydroxylation sites is 1. The zero-order chi connectivity index (χ0) is 26.0. The van der Waals surface area contributed by atoms with Gasteiger partial charge in [0.25, 0.3) is 0 Å². The molecule has 0 unspecified atom stereocenters. The van der Waals surface area contributed by atoms with Crippen LogP contribution in [-0.2, 0) is 0 Å². The minimum atomic E-state index is 1.13. The molecular formula is C38H27N. The van der Waals surface area contributed by atoms with Crippen LogP contribution in [0.3, 0.4) is 0 Å². The SMILES string of the molecule is c1ccc(-c2ccc(N(c3ccccc3)c3cccc(-c4ccc5c(ccc6ccccc65)c4)c3)cc2)cc1. The Morgan fingerprint density at radius 1 is 0.282 bits per heavy atom. The van der Waals surface area contributed by atoms with E-state index in [1.807, 2.05) is 0 Å². The monoisotopic (exact) mass is 497 g/mol. The molecule has 1 nitrogen and oxygen atoms in total. The molecule has 0 aliphatic heterocycles. The largest absolute Gasteiger partial charge is 0.310 e. The van der Waals surface area contributed by atoms with Gasteiger partial charge in [-0.2, -0.15) is 0 Å². The standard InChI is InChI=1S/C38H27N/c1-3-10-28(11-4-1)29-20-23-35(24-21-29)39(34-14-5-2-6-15-34)36-16-9-13-31(27-36)32-22-25-38-33(26-32)19-18-30-12-7-8-17-37(30)38/h1-27H. The van der Waals surface area contributed by atoms with Crippen molar-refractivity contribution in [2.75, 3.05) is 4.90 Å². The lowest BCUT2D eigenvalue weighted by Crippen LogP contribution is -2.09. The Hall–Kier alpha value is -5.14. The van der Waals surface area contributed by atoms with Crippen LogP contribution in [0.2, 0.25) is 0 Å². The highest BCUT2D eigenvalue weighted by molar-refractivity contribution is 6.08. The smallest absolute Gasteiger partial charge is 0.0467 e. The summed E-state index contributed by atoms with van der Waals surface area (Å²) in [7, 11) is 0. The maximum atomic E-state index is 2.33. The van der Waals surface area contributed by atoms with Crippen molar-refractivity contribution in [3.8, 4) is 22.3 Å². The summed E-state index contributed by atoms with van der Waals surface area (Å²) in [6, 6.07) is 58.7. The number of hydrogen-bond donors (Lipinski definition) is 0. The highest BCUT2D eigenvalue weighted by Gasteiger charge is 2.14. The third-order valence-corrected chi connectivity index (χ3v) is 7.43. The van der Waals surface area contributed by atoms with Gasteiger partial charge in [0.2, 0.25) is 0 Å². The van der Waals surface area contributed by atoms with Crippen LogP contribution in [0.25, 0.3) is 43.8 Å². The second-order valence-electron chi connectivity index (χ2n) is 9.86. The molecule has 0 radical (unpaired) electrons. The molecule has 0 aliphatic rings. The molecule has 0 heterocycles. The predicted molar refractivity (Wildman–Crippen MR) is 167 cm³/mol. The van der Waals surface area contributed by atoms with Gasteiger partial charge in [0.1, 0.15) is 0 Å². The zero-order valence-electron chi connectivity index (χ0n) is 21.5. The van der Waals surface area contributed by atoms with Crippen LogP contribution in [0.5, 0.6) is 0 Å². The molecule has 0 N–H and O–H groups in total. The van der Waals surface area contributed by atoms with E-state index in [1.54, 1.807) is 0 Å². The first-order valence-corrected chi connectivity index (χ1v) is 13.4. The summed E-state index contributed by atoms with van der Waals surface area (Å²) in [5.74, 6) is 0. The third-order valence-electron chi connectivity index (χ3n) is 7.43. The molecule has 0 aromatic heterocycles. The fourth-order valence-electron chi connectivity index (χ4n) is 5.48. The highest BCUT2D eigenvalue weighted by atomic mass is 15.1. The number of anilines is 3. The Morgan fingerprint density at radius 2 is 0.821 bits per heavy atom. The molecule has 0 aliphatic carbocycles. The summed E-state index contributed by atoms with van der Waals surface area (Å²) in [6.07, 6.45) is 0. The minimum Gasteiger partial charge on any atom is -0.310 e. The minimum absolute atomic E-state index is 1.13. The lowest BCUT2D eigenvalue weighted by Gasteiger charge is -2.26. The fourth-order valence-corrected chi connectivity index (χ4v) is 5.48. The Bertz CT molecular complexity index is 1890. The van der Waals surface area contributed by atoms with E-state index in [1.165, 1.54) is 43.8 Å². The van der Waals surface area contributed by atoms with E-state index in [2.05, 4.69) is 169 Å². The van der Waals surface area contributed by atoms with E-state index in [0.717, 1.165) is 17.1 Å². The molecule has 1 heteroatoms. The summed E-state index contributed by atoms with van der Waals surface area (Å²) in [6.45, 7) is 0. The lowest BCUT2D eigenvalue weighted by atomic mass is 9.97. The molecule has 7 aromatic carbocycles. The van der Waals surface area contributed by atoms with Gasteiger partial charge in [-0.25, -0.2) is 0 Å². The van der Waals surface area contributed by atoms with Gasteiger partial charge in [0, 0.05) is 17.1 Å². The highest BCUT2D eigenvalue weighted by Crippen LogP contribution is 2.38. The molecule has 0 fully saturated rings. The Balaban J connectivity index is 1.30. The normalized spacial score (nSPS) is 11.1. The van der Waals surface area contributed by atoms with Crippen molar-refractivity contribution in [2.24, 2.45) is 0 Å². The van der Waals surface area contributed by atoms with Crippen LogP contribution in [0.1, 0.15) is 0 Å². The van der Waals surface area contributed by atoms with Gasteiger partial charge in [-0.05, 0) is 86.3 Å². The summed E-state index contributed by atoms with van der Waals surface area (Å²) >= 11 is 0. The molecule has 0 atom stereocenters.